The van der Waals surface area contributed by atoms with Gasteiger partial charge in [0.2, 0.25) is 11.9 Å². The fraction of sp³-hybridized carbons (Fsp3) is 0.348. The first kappa shape index (κ1) is 23.4. The molecule has 1 amide bonds. The second-order valence-electron chi connectivity index (χ2n) is 7.65. The van der Waals surface area contributed by atoms with E-state index in [2.05, 4.69) is 26.5 Å². The number of nitrogens with one attached hydrogen (secondary N) is 1. The van der Waals surface area contributed by atoms with E-state index in [9.17, 15) is 4.79 Å². The van der Waals surface area contributed by atoms with Gasteiger partial charge in [0.15, 0.2) is 5.16 Å². The van der Waals surface area contributed by atoms with Crippen molar-refractivity contribution in [2.24, 2.45) is 0 Å². The van der Waals surface area contributed by atoms with Crippen LogP contribution in [0, 0.1) is 6.92 Å². The molecule has 1 aliphatic heterocycles. The smallest absolute Gasteiger partial charge is 0.237 e. The summed E-state index contributed by atoms with van der Waals surface area (Å²) in [6.45, 7) is 6.63. The van der Waals surface area contributed by atoms with Gasteiger partial charge in [-0.05, 0) is 49.7 Å². The molecule has 0 spiro atoms. The van der Waals surface area contributed by atoms with Crippen molar-refractivity contribution in [1.82, 2.24) is 14.8 Å². The fourth-order valence-corrected chi connectivity index (χ4v) is 4.56. The van der Waals surface area contributed by atoms with Gasteiger partial charge in [-0.1, -0.05) is 35.5 Å². The Hall–Kier alpha value is -2.75. The first-order valence-corrected chi connectivity index (χ1v) is 11.9. The van der Waals surface area contributed by atoms with Crippen molar-refractivity contribution >= 4 is 40.9 Å². The van der Waals surface area contributed by atoms with Crippen molar-refractivity contribution in [3.8, 4) is 11.4 Å². The molecule has 174 valence electrons. The number of morpholine rings is 1. The van der Waals surface area contributed by atoms with E-state index in [4.69, 9.17) is 21.1 Å². The highest BCUT2D eigenvalue weighted by atomic mass is 35.5. The summed E-state index contributed by atoms with van der Waals surface area (Å²) in [6, 6.07) is 13.3. The maximum absolute atomic E-state index is 13.0. The molecule has 0 radical (unpaired) electrons. The molecule has 2 aromatic carbocycles. The minimum Gasteiger partial charge on any atom is -0.495 e. The van der Waals surface area contributed by atoms with Crippen LogP contribution in [0.5, 0.6) is 5.75 Å². The zero-order chi connectivity index (χ0) is 23.4. The number of anilines is 2. The van der Waals surface area contributed by atoms with E-state index in [0.717, 1.165) is 30.3 Å². The Bertz CT molecular complexity index is 1130. The predicted molar refractivity (Wildman–Crippen MR) is 131 cm³/mol. The molecule has 1 aliphatic rings. The standard InChI is InChI=1S/C23H26ClN5O3S/c1-15-5-4-6-18(13-15)29-22(28-9-11-32-12-10-28)26-27-23(29)33-16(2)21(30)25-19-14-17(24)7-8-20(19)31-3/h4-8,13-14,16H,9-12H2,1-3H3,(H,25,30). The molecule has 2 heterocycles. The average molecular weight is 488 g/mol. The van der Waals surface area contributed by atoms with Gasteiger partial charge < -0.3 is 19.7 Å². The van der Waals surface area contributed by atoms with Crippen molar-refractivity contribution in [3.63, 3.8) is 0 Å². The Morgan fingerprint density at radius 1 is 1.21 bits per heavy atom. The maximum atomic E-state index is 13.0. The second kappa shape index (κ2) is 10.5. The highest BCUT2D eigenvalue weighted by Gasteiger charge is 2.25. The number of aryl methyl sites for hydroxylation is 1. The van der Waals surface area contributed by atoms with Gasteiger partial charge in [0, 0.05) is 18.1 Å². The molecular formula is C23H26ClN5O3S. The zero-order valence-corrected chi connectivity index (χ0v) is 20.3. The quantitative estimate of drug-likeness (QED) is 0.500. The molecule has 3 aromatic rings. The molecule has 1 saturated heterocycles. The van der Waals surface area contributed by atoms with Gasteiger partial charge in [-0.2, -0.15) is 0 Å². The van der Waals surface area contributed by atoms with Crippen molar-refractivity contribution in [2.75, 3.05) is 43.6 Å². The monoisotopic (exact) mass is 487 g/mol. The summed E-state index contributed by atoms with van der Waals surface area (Å²) < 4.78 is 12.8. The zero-order valence-electron chi connectivity index (χ0n) is 18.7. The normalized spacial score (nSPS) is 14.7. The lowest BCUT2D eigenvalue weighted by molar-refractivity contribution is -0.115. The SMILES string of the molecule is COc1ccc(Cl)cc1NC(=O)C(C)Sc1nnc(N2CCOCC2)n1-c1cccc(C)c1. The molecule has 1 atom stereocenters. The Morgan fingerprint density at radius 2 is 2.00 bits per heavy atom. The van der Waals surface area contributed by atoms with Gasteiger partial charge in [-0.15, -0.1) is 10.2 Å². The molecular weight excluding hydrogens is 462 g/mol. The van der Waals surface area contributed by atoms with E-state index in [1.165, 1.54) is 11.8 Å². The van der Waals surface area contributed by atoms with Crippen molar-refractivity contribution in [1.29, 1.82) is 0 Å². The Balaban J connectivity index is 1.60. The molecule has 1 unspecified atom stereocenters. The van der Waals surface area contributed by atoms with Crippen LogP contribution < -0.4 is 15.0 Å². The van der Waals surface area contributed by atoms with Crippen LogP contribution >= 0.6 is 23.4 Å². The third-order valence-electron chi connectivity index (χ3n) is 5.24. The van der Waals surface area contributed by atoms with Crippen LogP contribution in [0.1, 0.15) is 12.5 Å². The van der Waals surface area contributed by atoms with Crippen LogP contribution in [0.15, 0.2) is 47.6 Å². The Labute approximate surface area is 202 Å². The third kappa shape index (κ3) is 5.43. The lowest BCUT2D eigenvalue weighted by Gasteiger charge is -2.28. The van der Waals surface area contributed by atoms with E-state index < -0.39 is 5.25 Å². The second-order valence-corrected chi connectivity index (χ2v) is 9.39. The highest BCUT2D eigenvalue weighted by molar-refractivity contribution is 8.00. The minimum absolute atomic E-state index is 0.188. The number of halogens is 1. The van der Waals surface area contributed by atoms with Crippen LogP contribution in [0.2, 0.25) is 5.02 Å². The molecule has 8 nitrogen and oxygen atoms in total. The van der Waals surface area contributed by atoms with Crippen LogP contribution in [-0.2, 0) is 9.53 Å². The van der Waals surface area contributed by atoms with E-state index in [-0.39, 0.29) is 5.91 Å². The number of methoxy groups -OCH3 is 1. The molecule has 0 aliphatic carbocycles. The number of benzene rings is 2. The number of hydrogen-bond donors (Lipinski definition) is 1. The minimum atomic E-state index is -0.445. The lowest BCUT2D eigenvalue weighted by Crippen LogP contribution is -2.38. The maximum Gasteiger partial charge on any atom is 0.237 e. The first-order chi connectivity index (χ1) is 16.0. The number of aromatic nitrogens is 3. The van der Waals surface area contributed by atoms with E-state index in [1.54, 1.807) is 25.3 Å². The summed E-state index contributed by atoms with van der Waals surface area (Å²) in [5.41, 5.74) is 2.61. The number of nitrogens with zero attached hydrogens (tertiary/aromatic N) is 4. The van der Waals surface area contributed by atoms with Crippen molar-refractivity contribution < 1.29 is 14.3 Å². The largest absolute Gasteiger partial charge is 0.495 e. The number of carbonyl (C=O) groups is 1. The molecule has 0 bridgehead atoms. The molecule has 4 rings (SSSR count). The lowest BCUT2D eigenvalue weighted by atomic mass is 10.2. The van der Waals surface area contributed by atoms with Crippen LogP contribution in [0.4, 0.5) is 11.6 Å². The van der Waals surface area contributed by atoms with E-state index >= 15 is 0 Å². The summed E-state index contributed by atoms with van der Waals surface area (Å²) in [4.78, 5) is 15.1. The predicted octanol–water partition coefficient (Wildman–Crippen LogP) is 4.19. The molecule has 1 fully saturated rings. The highest BCUT2D eigenvalue weighted by Crippen LogP contribution is 2.32. The van der Waals surface area contributed by atoms with Gasteiger partial charge in [-0.3, -0.25) is 9.36 Å². The summed E-state index contributed by atoms with van der Waals surface area (Å²) >= 11 is 7.44. The third-order valence-corrected chi connectivity index (χ3v) is 6.52. The van der Waals surface area contributed by atoms with Crippen molar-refractivity contribution in [3.05, 3.63) is 53.1 Å². The molecule has 1 aromatic heterocycles. The number of amides is 1. The van der Waals surface area contributed by atoms with Gasteiger partial charge in [0.1, 0.15) is 5.75 Å². The number of ether oxygens (including phenoxy) is 2. The molecule has 10 heteroatoms. The number of rotatable bonds is 7. The number of hydrogen-bond acceptors (Lipinski definition) is 7. The van der Waals surface area contributed by atoms with Crippen LogP contribution in [-0.4, -0.2) is 59.3 Å². The fourth-order valence-electron chi connectivity index (χ4n) is 3.52. The molecule has 33 heavy (non-hydrogen) atoms. The summed E-state index contributed by atoms with van der Waals surface area (Å²) in [5.74, 6) is 1.10. The van der Waals surface area contributed by atoms with Gasteiger partial charge in [0.25, 0.3) is 0 Å². The average Bonchev–Trinajstić information content (AvgIpc) is 3.23. The first-order valence-electron chi connectivity index (χ1n) is 10.6. The number of thioether (sulfide) groups is 1. The summed E-state index contributed by atoms with van der Waals surface area (Å²) in [5, 5.41) is 12.5. The van der Waals surface area contributed by atoms with Crippen molar-refractivity contribution in [2.45, 2.75) is 24.3 Å². The summed E-state index contributed by atoms with van der Waals surface area (Å²) in [7, 11) is 1.55. The van der Waals surface area contributed by atoms with Crippen LogP contribution in [0.25, 0.3) is 5.69 Å². The van der Waals surface area contributed by atoms with Gasteiger partial charge >= 0.3 is 0 Å². The van der Waals surface area contributed by atoms with Crippen LogP contribution in [0.3, 0.4) is 0 Å². The topological polar surface area (TPSA) is 81.5 Å². The van der Waals surface area contributed by atoms with E-state index in [0.29, 0.717) is 34.8 Å². The van der Waals surface area contributed by atoms with Gasteiger partial charge in [0.05, 0.1) is 36.9 Å². The number of carbonyl (C=O) groups excluding carboxylic acids is 1. The molecule has 0 saturated carbocycles. The molecule has 1 N–H and O–H groups in total. The summed E-state index contributed by atoms with van der Waals surface area (Å²) in [6.07, 6.45) is 0. The van der Waals surface area contributed by atoms with Gasteiger partial charge in [-0.25, -0.2) is 0 Å². The van der Waals surface area contributed by atoms with E-state index in [1.807, 2.05) is 36.6 Å². The Kier molecular flexibility index (Phi) is 7.42. The Morgan fingerprint density at radius 3 is 2.73 bits per heavy atom.